The maximum absolute atomic E-state index is 15.9. The summed E-state index contributed by atoms with van der Waals surface area (Å²) >= 11 is 0. The van der Waals surface area contributed by atoms with Gasteiger partial charge in [-0.25, -0.2) is 0 Å². The summed E-state index contributed by atoms with van der Waals surface area (Å²) in [4.78, 5) is 31.9. The molecule has 3 aromatic heterocycles. The number of rotatable bonds is 1. The van der Waals surface area contributed by atoms with Gasteiger partial charge in [0.15, 0.2) is 11.6 Å². The van der Waals surface area contributed by atoms with Crippen LogP contribution >= 0.6 is 0 Å². The molecule has 0 aliphatic heterocycles. The lowest BCUT2D eigenvalue weighted by Gasteiger charge is -2.43. The first-order chi connectivity index (χ1) is 35.0. The Balaban J connectivity index is 1.06. The summed E-state index contributed by atoms with van der Waals surface area (Å²) in [5, 5.41) is 8.73. The summed E-state index contributed by atoms with van der Waals surface area (Å²) < 4.78 is 9.33. The van der Waals surface area contributed by atoms with Crippen LogP contribution in [0.4, 0.5) is 0 Å². The van der Waals surface area contributed by atoms with Crippen molar-refractivity contribution in [2.45, 2.75) is 49.4 Å². The highest BCUT2D eigenvalue weighted by atomic mass is 16.3. The number of carbonyl (C=O) groups is 2. The molecule has 72 heavy (non-hydrogen) atoms. The highest BCUT2D eigenvalue weighted by Gasteiger charge is 2.57. The van der Waals surface area contributed by atoms with Gasteiger partial charge in [0.2, 0.25) is 0 Å². The Hall–Kier alpha value is -8.60. The minimum Gasteiger partial charge on any atom is -0.455 e. The van der Waals surface area contributed by atoms with Gasteiger partial charge in [-0.1, -0.05) is 140 Å². The lowest BCUT2D eigenvalue weighted by atomic mass is 9.59. The van der Waals surface area contributed by atoms with Gasteiger partial charge in [-0.2, -0.15) is 0 Å². The molecule has 0 amide bonds. The van der Waals surface area contributed by atoms with E-state index in [4.69, 9.17) is 4.42 Å². The molecule has 338 valence electrons. The molecule has 4 nitrogen and oxygen atoms in total. The molecule has 0 fully saturated rings. The summed E-state index contributed by atoms with van der Waals surface area (Å²) in [5.74, 6) is 0.205. The largest absolute Gasteiger partial charge is 0.455 e. The zero-order chi connectivity index (χ0) is 47.9. The first kappa shape index (κ1) is 39.2. The van der Waals surface area contributed by atoms with Gasteiger partial charge in [-0.15, -0.1) is 0 Å². The van der Waals surface area contributed by atoms with Crippen molar-refractivity contribution in [3.8, 4) is 11.1 Å². The van der Waals surface area contributed by atoms with Crippen molar-refractivity contribution in [2.75, 3.05) is 0 Å². The van der Waals surface area contributed by atoms with Gasteiger partial charge < -0.3 is 8.82 Å². The van der Waals surface area contributed by atoms with Crippen LogP contribution in [0, 0.1) is 0 Å². The van der Waals surface area contributed by atoms with Crippen molar-refractivity contribution in [3.05, 3.63) is 255 Å². The van der Waals surface area contributed by atoms with Crippen molar-refractivity contribution < 1.29 is 14.0 Å². The fraction of sp³-hybridized carbons (Fsp3) is 0.118. The molecule has 4 bridgehead atoms. The zero-order valence-electron chi connectivity index (χ0n) is 40.1. The van der Waals surface area contributed by atoms with E-state index in [1.54, 1.807) is 0 Å². The van der Waals surface area contributed by atoms with Crippen LogP contribution in [-0.4, -0.2) is 16.0 Å². The lowest BCUT2D eigenvalue weighted by molar-refractivity contribution is 0.0916. The van der Waals surface area contributed by atoms with Gasteiger partial charge in [-0.05, 0) is 148 Å². The summed E-state index contributed by atoms with van der Waals surface area (Å²) in [6, 6.07) is 67.6. The smallest absolute Gasteiger partial charge is 0.177 e. The maximum Gasteiger partial charge on any atom is 0.177 e. The lowest BCUT2D eigenvalue weighted by Crippen LogP contribution is -2.40. The molecule has 6 aliphatic rings. The van der Waals surface area contributed by atoms with E-state index >= 15 is 9.59 Å². The van der Waals surface area contributed by atoms with E-state index in [1.807, 2.05) is 6.07 Å². The quantitative estimate of drug-likeness (QED) is 0.165. The van der Waals surface area contributed by atoms with Gasteiger partial charge in [0.1, 0.15) is 11.2 Å². The van der Waals surface area contributed by atoms with Gasteiger partial charge in [0.05, 0.1) is 27.4 Å². The van der Waals surface area contributed by atoms with Gasteiger partial charge in [0.25, 0.3) is 0 Å². The first-order valence-corrected chi connectivity index (χ1v) is 25.2. The fourth-order valence-electron chi connectivity index (χ4n) is 15.4. The van der Waals surface area contributed by atoms with Crippen molar-refractivity contribution in [2.24, 2.45) is 0 Å². The van der Waals surface area contributed by atoms with E-state index in [0.29, 0.717) is 0 Å². The van der Waals surface area contributed by atoms with Crippen LogP contribution < -0.4 is 0 Å². The molecular formula is C68H43NO3. The fourth-order valence-corrected chi connectivity index (χ4v) is 15.4. The third-order valence-corrected chi connectivity index (χ3v) is 18.8. The molecule has 4 heteroatoms. The van der Waals surface area contributed by atoms with Crippen molar-refractivity contribution >= 4 is 82.4 Å². The topological polar surface area (TPSA) is 51.7 Å². The second kappa shape index (κ2) is 12.5. The second-order valence-corrected chi connectivity index (χ2v) is 21.9. The van der Waals surface area contributed by atoms with E-state index in [2.05, 4.69) is 214 Å². The second-order valence-electron chi connectivity index (χ2n) is 21.9. The summed E-state index contributed by atoms with van der Waals surface area (Å²) in [7, 11) is 0. The average Bonchev–Trinajstić information content (AvgIpc) is 4.03. The van der Waals surface area contributed by atoms with Crippen LogP contribution in [-0.2, 0) is 21.7 Å². The summed E-state index contributed by atoms with van der Waals surface area (Å²) in [6.07, 6.45) is 0. The molecule has 13 aromatic rings. The van der Waals surface area contributed by atoms with Crippen LogP contribution in [0.3, 0.4) is 0 Å². The Labute approximate surface area is 414 Å². The number of hydrogen-bond donors (Lipinski definition) is 0. The normalized spacial score (nSPS) is 22.4. The molecule has 0 spiro atoms. The number of hydrogen-bond acceptors (Lipinski definition) is 3. The third-order valence-electron chi connectivity index (χ3n) is 18.8. The van der Waals surface area contributed by atoms with Gasteiger partial charge in [-0.3, -0.25) is 9.59 Å². The number of para-hydroxylation sites is 1. The number of furan rings is 1. The maximum atomic E-state index is 15.9. The molecule has 10 aromatic carbocycles. The molecule has 6 aliphatic carbocycles. The molecule has 0 unspecified atom stereocenters. The highest BCUT2D eigenvalue weighted by molar-refractivity contribution is 6.28. The SMILES string of the molecule is CC12C(=O)c3cc4c(cc3C(C)(c3ccccc31)c1ccccc12)c1cc(-c2c3ccccc3cc3c2oc2ccccc23)cc2c3cc5c(cc3n4c12)C(=O)C1(C)c2ccccc2C5(C)c2ccccc21. The Morgan fingerprint density at radius 2 is 0.764 bits per heavy atom. The Morgan fingerprint density at radius 1 is 0.361 bits per heavy atom. The minimum absolute atomic E-state index is 0.103. The predicted octanol–water partition coefficient (Wildman–Crippen LogP) is 15.9. The van der Waals surface area contributed by atoms with Crippen molar-refractivity contribution in [1.82, 2.24) is 4.40 Å². The zero-order valence-corrected chi connectivity index (χ0v) is 40.1. The third kappa shape index (κ3) is 4.11. The van der Waals surface area contributed by atoms with Gasteiger partial charge in [0, 0.05) is 59.8 Å². The standard InChI is InChI=1S/C68H43NO3/c1-65-47-20-8-12-24-51(47)67(3,52-25-13-9-21-48(52)65)63(70)45-34-57-40(32-55(45)65)42-30-37(60-38-18-6-5-17-36(38)29-44-39-19-7-16-28-59(39)72-62(44)60)31-43-41-33-56-46(35-58(41)69(57)61(42)43)64(71)68(4)53-26-14-10-22-49(53)66(56,2)50-23-11-15-27-54(50)68/h5-35H,1-4H3. The number of aromatic nitrogens is 1. The number of nitrogens with zero attached hydrogens (tertiary/aromatic N) is 1. The van der Waals surface area contributed by atoms with E-state index in [9.17, 15) is 0 Å². The van der Waals surface area contributed by atoms with Crippen molar-refractivity contribution in [3.63, 3.8) is 0 Å². The van der Waals surface area contributed by atoms with E-state index < -0.39 is 21.7 Å². The number of ketones is 2. The average molecular weight is 922 g/mol. The number of Topliss-reactive ketones (excluding diaryl/α,β-unsaturated/α-hetero) is 2. The predicted molar refractivity (Wildman–Crippen MR) is 290 cm³/mol. The molecule has 0 atom stereocenters. The summed E-state index contributed by atoms with van der Waals surface area (Å²) in [5.41, 5.74) is 16.2. The highest BCUT2D eigenvalue weighted by Crippen LogP contribution is 2.61. The van der Waals surface area contributed by atoms with Crippen LogP contribution in [0.2, 0.25) is 0 Å². The Bertz CT molecular complexity index is 4430. The number of fused-ring (bicyclic) bond motifs is 10. The molecule has 0 saturated heterocycles. The van der Waals surface area contributed by atoms with E-state index in [-0.39, 0.29) is 11.6 Å². The van der Waals surface area contributed by atoms with Crippen LogP contribution in [0.25, 0.3) is 81.9 Å². The first-order valence-electron chi connectivity index (χ1n) is 25.2. The summed E-state index contributed by atoms with van der Waals surface area (Å²) in [6.45, 7) is 8.92. The molecule has 3 heterocycles. The number of benzene rings is 10. The molecular weight excluding hydrogens is 879 g/mol. The molecule has 0 N–H and O–H groups in total. The Kier molecular flexibility index (Phi) is 6.78. The molecule has 0 radical (unpaired) electrons. The Morgan fingerprint density at radius 3 is 1.24 bits per heavy atom. The monoisotopic (exact) mass is 921 g/mol. The molecule has 19 rings (SSSR count). The van der Waals surface area contributed by atoms with Crippen molar-refractivity contribution in [1.29, 1.82) is 0 Å². The van der Waals surface area contributed by atoms with E-state index in [0.717, 1.165) is 126 Å². The van der Waals surface area contributed by atoms with Crippen LogP contribution in [0.5, 0.6) is 0 Å². The van der Waals surface area contributed by atoms with E-state index in [1.165, 1.54) is 22.3 Å². The molecule has 0 saturated carbocycles. The van der Waals surface area contributed by atoms with Gasteiger partial charge >= 0.3 is 0 Å². The van der Waals surface area contributed by atoms with Crippen LogP contribution in [0.15, 0.2) is 192 Å². The minimum atomic E-state index is -0.900. The number of carbonyl (C=O) groups excluding carboxylic acids is 2. The van der Waals surface area contributed by atoms with Crippen LogP contribution in [0.1, 0.15) is 104 Å².